The summed E-state index contributed by atoms with van der Waals surface area (Å²) in [5.41, 5.74) is 5.30. The predicted molar refractivity (Wildman–Crippen MR) is 77.2 cm³/mol. The van der Waals surface area contributed by atoms with Gasteiger partial charge in [0.2, 0.25) is 0 Å². The first-order valence-electron chi connectivity index (χ1n) is 5.52. The number of amides is 1. The van der Waals surface area contributed by atoms with Crippen LogP contribution in [0.25, 0.3) is 0 Å². The number of rotatable bonds is 5. The monoisotopic (exact) mass is 277 g/mol. The molecule has 0 aliphatic rings. The number of aromatic nitrogens is 2. The fourth-order valence-electron chi connectivity index (χ4n) is 1.22. The second kappa shape index (κ2) is 7.93. The quantitative estimate of drug-likeness (QED) is 0.468. The van der Waals surface area contributed by atoms with Crippen LogP contribution in [0.1, 0.15) is 10.5 Å². The molecule has 1 heterocycles. The SMILES string of the molecule is C=CCN(CC=C)C(=S)NNC(=O)c1cnccn1. The van der Waals surface area contributed by atoms with Crippen molar-refractivity contribution in [2.75, 3.05) is 13.1 Å². The third-order valence-electron chi connectivity index (χ3n) is 2.06. The van der Waals surface area contributed by atoms with Gasteiger partial charge < -0.3 is 4.90 Å². The van der Waals surface area contributed by atoms with E-state index in [1.165, 1.54) is 18.6 Å². The summed E-state index contributed by atoms with van der Waals surface area (Å²) in [7, 11) is 0. The van der Waals surface area contributed by atoms with Gasteiger partial charge in [-0.05, 0) is 12.2 Å². The molecule has 19 heavy (non-hydrogen) atoms. The lowest BCUT2D eigenvalue weighted by Gasteiger charge is -2.22. The van der Waals surface area contributed by atoms with E-state index in [2.05, 4.69) is 34.0 Å². The Hall–Kier alpha value is -2.28. The molecule has 0 saturated heterocycles. The van der Waals surface area contributed by atoms with Crippen molar-refractivity contribution in [3.8, 4) is 0 Å². The van der Waals surface area contributed by atoms with E-state index in [4.69, 9.17) is 12.2 Å². The van der Waals surface area contributed by atoms with E-state index in [9.17, 15) is 4.79 Å². The molecule has 0 bridgehead atoms. The summed E-state index contributed by atoms with van der Waals surface area (Å²) < 4.78 is 0. The summed E-state index contributed by atoms with van der Waals surface area (Å²) in [6, 6.07) is 0. The highest BCUT2D eigenvalue weighted by Crippen LogP contribution is 1.92. The van der Waals surface area contributed by atoms with Crippen molar-refractivity contribution in [1.82, 2.24) is 25.7 Å². The van der Waals surface area contributed by atoms with E-state index in [1.54, 1.807) is 17.1 Å². The van der Waals surface area contributed by atoms with Crippen LogP contribution < -0.4 is 10.9 Å². The van der Waals surface area contributed by atoms with Crippen LogP contribution in [0.4, 0.5) is 0 Å². The van der Waals surface area contributed by atoms with Crippen molar-refractivity contribution >= 4 is 23.2 Å². The standard InChI is InChI=1S/C12H15N5OS/c1-3-7-17(8-4-2)12(19)16-15-11(18)10-9-13-5-6-14-10/h3-6,9H,1-2,7-8H2,(H,15,18)(H,16,19). The average molecular weight is 277 g/mol. The highest BCUT2D eigenvalue weighted by atomic mass is 32.1. The first kappa shape index (κ1) is 14.8. The fraction of sp³-hybridized carbons (Fsp3) is 0.167. The van der Waals surface area contributed by atoms with Crippen molar-refractivity contribution in [2.45, 2.75) is 0 Å². The Labute approximate surface area is 117 Å². The number of hydrogen-bond acceptors (Lipinski definition) is 4. The fourth-order valence-corrected chi connectivity index (χ4v) is 1.42. The molecule has 1 rings (SSSR count). The minimum absolute atomic E-state index is 0.205. The molecule has 6 nitrogen and oxygen atoms in total. The van der Waals surface area contributed by atoms with Crippen molar-refractivity contribution in [3.63, 3.8) is 0 Å². The molecule has 1 aromatic rings. The summed E-state index contributed by atoms with van der Waals surface area (Å²) >= 11 is 5.14. The number of nitrogens with one attached hydrogen (secondary N) is 2. The number of carbonyl (C=O) groups excluding carboxylic acids is 1. The van der Waals surface area contributed by atoms with Gasteiger partial charge in [-0.2, -0.15) is 0 Å². The van der Waals surface area contributed by atoms with Crippen molar-refractivity contribution in [1.29, 1.82) is 0 Å². The van der Waals surface area contributed by atoms with Crippen LogP contribution in [-0.4, -0.2) is 39.0 Å². The van der Waals surface area contributed by atoms with E-state index in [0.717, 1.165) is 0 Å². The third-order valence-corrected chi connectivity index (χ3v) is 2.43. The van der Waals surface area contributed by atoms with Crippen LogP contribution in [0.2, 0.25) is 0 Å². The van der Waals surface area contributed by atoms with Gasteiger partial charge in [0.25, 0.3) is 5.91 Å². The zero-order valence-electron chi connectivity index (χ0n) is 10.4. The van der Waals surface area contributed by atoms with Crippen LogP contribution >= 0.6 is 12.2 Å². The van der Waals surface area contributed by atoms with E-state index in [1.807, 2.05) is 0 Å². The Morgan fingerprint density at radius 1 is 1.32 bits per heavy atom. The van der Waals surface area contributed by atoms with Crippen LogP contribution in [0, 0.1) is 0 Å². The molecule has 0 spiro atoms. The second-order valence-corrected chi connectivity index (χ2v) is 3.84. The third kappa shape index (κ3) is 4.84. The van der Waals surface area contributed by atoms with Gasteiger partial charge in [-0.3, -0.25) is 20.6 Å². The number of nitrogens with zero attached hydrogens (tertiary/aromatic N) is 3. The number of hydrazine groups is 1. The molecule has 0 aliphatic carbocycles. The summed E-state index contributed by atoms with van der Waals surface area (Å²) in [4.78, 5) is 21.2. The van der Waals surface area contributed by atoms with Crippen molar-refractivity contribution < 1.29 is 4.79 Å². The minimum atomic E-state index is -0.410. The molecule has 1 aromatic heterocycles. The first-order valence-corrected chi connectivity index (χ1v) is 5.93. The summed E-state index contributed by atoms with van der Waals surface area (Å²) in [5.74, 6) is -0.410. The Bertz CT molecular complexity index is 452. The van der Waals surface area contributed by atoms with Crippen LogP contribution in [0.3, 0.4) is 0 Å². The van der Waals surface area contributed by atoms with Gasteiger partial charge in [-0.1, -0.05) is 12.2 Å². The lowest BCUT2D eigenvalue weighted by atomic mass is 10.4. The molecule has 2 N–H and O–H groups in total. The Morgan fingerprint density at radius 3 is 2.53 bits per heavy atom. The van der Waals surface area contributed by atoms with Crippen LogP contribution in [0.5, 0.6) is 0 Å². The molecule has 0 radical (unpaired) electrons. The first-order chi connectivity index (χ1) is 9.19. The molecule has 0 saturated carbocycles. The molecular formula is C12H15N5OS. The number of carbonyl (C=O) groups is 1. The molecule has 0 aliphatic heterocycles. The molecule has 0 atom stereocenters. The van der Waals surface area contributed by atoms with Gasteiger partial charge >= 0.3 is 0 Å². The molecule has 0 fully saturated rings. The molecule has 0 unspecified atom stereocenters. The second-order valence-electron chi connectivity index (χ2n) is 3.46. The normalized spacial score (nSPS) is 9.26. The van der Waals surface area contributed by atoms with E-state index in [-0.39, 0.29) is 5.69 Å². The van der Waals surface area contributed by atoms with Gasteiger partial charge in [0.05, 0.1) is 6.20 Å². The van der Waals surface area contributed by atoms with Gasteiger partial charge in [0.15, 0.2) is 5.11 Å². The predicted octanol–water partition coefficient (Wildman–Crippen LogP) is 0.670. The van der Waals surface area contributed by atoms with Crippen molar-refractivity contribution in [2.24, 2.45) is 0 Å². The smallest absolute Gasteiger partial charge is 0.289 e. The lowest BCUT2D eigenvalue weighted by Crippen LogP contribution is -2.48. The molecule has 7 heteroatoms. The van der Waals surface area contributed by atoms with Gasteiger partial charge in [-0.25, -0.2) is 4.98 Å². The van der Waals surface area contributed by atoms with E-state index >= 15 is 0 Å². The van der Waals surface area contributed by atoms with Gasteiger partial charge in [-0.15, -0.1) is 13.2 Å². The zero-order chi connectivity index (χ0) is 14.1. The Balaban J connectivity index is 2.51. The Kier molecular flexibility index (Phi) is 6.17. The zero-order valence-corrected chi connectivity index (χ0v) is 11.2. The molecule has 100 valence electrons. The molecule has 0 aromatic carbocycles. The number of hydrogen-bond donors (Lipinski definition) is 2. The van der Waals surface area contributed by atoms with Gasteiger partial charge in [0.1, 0.15) is 5.69 Å². The maximum Gasteiger partial charge on any atom is 0.289 e. The Morgan fingerprint density at radius 2 is 2.00 bits per heavy atom. The molecular weight excluding hydrogens is 262 g/mol. The maximum absolute atomic E-state index is 11.7. The van der Waals surface area contributed by atoms with E-state index < -0.39 is 5.91 Å². The maximum atomic E-state index is 11.7. The van der Waals surface area contributed by atoms with Gasteiger partial charge in [0, 0.05) is 25.5 Å². The molecule has 1 amide bonds. The highest BCUT2D eigenvalue weighted by Gasteiger charge is 2.09. The average Bonchev–Trinajstić information content (AvgIpc) is 2.45. The van der Waals surface area contributed by atoms with E-state index in [0.29, 0.717) is 18.2 Å². The largest absolute Gasteiger partial charge is 0.341 e. The van der Waals surface area contributed by atoms with Crippen LogP contribution in [0.15, 0.2) is 43.9 Å². The summed E-state index contributed by atoms with van der Waals surface area (Å²) in [5, 5.41) is 0.372. The van der Waals surface area contributed by atoms with Crippen molar-refractivity contribution in [3.05, 3.63) is 49.6 Å². The summed E-state index contributed by atoms with van der Waals surface area (Å²) in [6.45, 7) is 8.39. The van der Waals surface area contributed by atoms with Crippen LogP contribution in [-0.2, 0) is 0 Å². The highest BCUT2D eigenvalue weighted by molar-refractivity contribution is 7.80. The summed E-state index contributed by atoms with van der Waals surface area (Å²) in [6.07, 6.45) is 7.72. The topological polar surface area (TPSA) is 70.2 Å². The lowest BCUT2D eigenvalue weighted by molar-refractivity contribution is 0.0937. The number of thiocarbonyl (C=S) groups is 1. The minimum Gasteiger partial charge on any atom is -0.341 e.